The van der Waals surface area contributed by atoms with Gasteiger partial charge in [0, 0.05) is 31.5 Å². The van der Waals surface area contributed by atoms with Crippen LogP contribution in [0.15, 0.2) is 42.6 Å². The lowest BCUT2D eigenvalue weighted by molar-refractivity contribution is 0.256. The Hall–Kier alpha value is -2.63. The van der Waals surface area contributed by atoms with Crippen LogP contribution in [0.2, 0.25) is 0 Å². The maximum absolute atomic E-state index is 12.9. The number of pyridine rings is 1. The Labute approximate surface area is 128 Å². The van der Waals surface area contributed by atoms with Gasteiger partial charge in [0.05, 0.1) is 5.69 Å². The molecule has 0 fully saturated rings. The minimum Gasteiger partial charge on any atom is -0.353 e. The van der Waals surface area contributed by atoms with E-state index in [9.17, 15) is 9.18 Å². The number of fused-ring (bicyclic) bond motifs is 1. The molecule has 1 aromatic heterocycles. The summed E-state index contributed by atoms with van der Waals surface area (Å²) in [6.45, 7) is 4.22. The fraction of sp³-hybridized carbons (Fsp3) is 0.250. The van der Waals surface area contributed by atoms with Gasteiger partial charge in [-0.05, 0) is 43.3 Å². The van der Waals surface area contributed by atoms with E-state index < -0.39 is 0 Å². The number of benzene rings is 1. The van der Waals surface area contributed by atoms with Gasteiger partial charge in [0.1, 0.15) is 5.82 Å². The summed E-state index contributed by atoms with van der Waals surface area (Å²) in [6.07, 6.45) is 1.73. The van der Waals surface area contributed by atoms with E-state index in [0.717, 1.165) is 24.6 Å². The van der Waals surface area contributed by atoms with Gasteiger partial charge in [0.15, 0.2) is 5.82 Å². The number of urea groups is 1. The van der Waals surface area contributed by atoms with E-state index in [0.29, 0.717) is 12.2 Å². The number of hydrogen-bond acceptors (Lipinski definition) is 3. The summed E-state index contributed by atoms with van der Waals surface area (Å²) in [5.74, 6) is 0.481. The Morgan fingerprint density at radius 2 is 2.05 bits per heavy atom. The van der Waals surface area contributed by atoms with Crippen molar-refractivity contribution in [3.8, 4) is 0 Å². The van der Waals surface area contributed by atoms with E-state index in [-0.39, 0.29) is 11.8 Å². The molecule has 2 heterocycles. The van der Waals surface area contributed by atoms with Crippen molar-refractivity contribution in [2.45, 2.75) is 6.92 Å². The van der Waals surface area contributed by atoms with Crippen LogP contribution in [0, 0.1) is 5.82 Å². The van der Waals surface area contributed by atoms with Gasteiger partial charge in [-0.1, -0.05) is 0 Å². The molecule has 0 saturated carbocycles. The van der Waals surface area contributed by atoms with Gasteiger partial charge in [0.2, 0.25) is 0 Å². The van der Waals surface area contributed by atoms with Crippen LogP contribution in [0.4, 0.5) is 26.4 Å². The molecule has 0 bridgehead atoms. The van der Waals surface area contributed by atoms with Crippen LogP contribution < -0.4 is 15.1 Å². The van der Waals surface area contributed by atoms with Crippen LogP contribution in [-0.2, 0) is 0 Å². The summed E-state index contributed by atoms with van der Waals surface area (Å²) < 4.78 is 12.9. The van der Waals surface area contributed by atoms with Gasteiger partial charge >= 0.3 is 6.03 Å². The van der Waals surface area contributed by atoms with Gasteiger partial charge in [-0.3, -0.25) is 4.90 Å². The highest BCUT2D eigenvalue weighted by Crippen LogP contribution is 2.30. The SMILES string of the molecule is CCN1CCN(C(=O)Nc2ccc(F)cc2)c2cccnc21. The summed E-state index contributed by atoms with van der Waals surface area (Å²) in [7, 11) is 0. The van der Waals surface area contributed by atoms with E-state index in [1.807, 2.05) is 12.1 Å². The molecule has 2 aromatic rings. The number of halogens is 1. The lowest BCUT2D eigenvalue weighted by atomic mass is 10.2. The lowest BCUT2D eigenvalue weighted by Gasteiger charge is -2.35. The summed E-state index contributed by atoms with van der Waals surface area (Å²) in [6, 6.07) is 9.18. The van der Waals surface area contributed by atoms with Crippen LogP contribution in [0.25, 0.3) is 0 Å². The monoisotopic (exact) mass is 300 g/mol. The number of rotatable bonds is 2. The van der Waals surface area contributed by atoms with Crippen LogP contribution in [0.1, 0.15) is 6.92 Å². The number of amides is 2. The van der Waals surface area contributed by atoms with Crippen molar-refractivity contribution in [1.82, 2.24) is 4.98 Å². The third-order valence-electron chi connectivity index (χ3n) is 3.67. The quantitative estimate of drug-likeness (QED) is 0.927. The fourth-order valence-corrected chi connectivity index (χ4v) is 2.53. The Balaban J connectivity index is 1.82. The van der Waals surface area contributed by atoms with Gasteiger partial charge in [0.25, 0.3) is 0 Å². The smallest absolute Gasteiger partial charge is 0.326 e. The van der Waals surface area contributed by atoms with E-state index in [1.54, 1.807) is 23.2 Å². The number of likely N-dealkylation sites (N-methyl/N-ethyl adjacent to an activating group) is 1. The predicted molar refractivity (Wildman–Crippen MR) is 84.9 cm³/mol. The molecule has 1 aliphatic heterocycles. The average Bonchev–Trinajstić information content (AvgIpc) is 2.56. The molecule has 2 amide bonds. The van der Waals surface area contributed by atoms with Crippen LogP contribution >= 0.6 is 0 Å². The highest BCUT2D eigenvalue weighted by Gasteiger charge is 2.26. The number of aromatic nitrogens is 1. The zero-order valence-corrected chi connectivity index (χ0v) is 12.3. The second-order valence-corrected chi connectivity index (χ2v) is 5.01. The number of nitrogens with zero attached hydrogens (tertiary/aromatic N) is 3. The number of carbonyl (C=O) groups excluding carboxylic acids is 1. The zero-order valence-electron chi connectivity index (χ0n) is 12.3. The van der Waals surface area contributed by atoms with Crippen LogP contribution in [0.3, 0.4) is 0 Å². The summed E-state index contributed by atoms with van der Waals surface area (Å²) in [5, 5.41) is 2.79. The van der Waals surface area contributed by atoms with E-state index in [4.69, 9.17) is 0 Å². The molecule has 5 nitrogen and oxygen atoms in total. The molecular weight excluding hydrogens is 283 g/mol. The zero-order chi connectivity index (χ0) is 15.5. The maximum Gasteiger partial charge on any atom is 0.326 e. The minimum atomic E-state index is -0.330. The van der Waals surface area contributed by atoms with Crippen LogP contribution in [0.5, 0.6) is 0 Å². The third kappa shape index (κ3) is 2.72. The van der Waals surface area contributed by atoms with E-state index >= 15 is 0 Å². The summed E-state index contributed by atoms with van der Waals surface area (Å²) in [5.41, 5.74) is 1.35. The Bertz CT molecular complexity index is 674. The third-order valence-corrected chi connectivity index (χ3v) is 3.67. The van der Waals surface area contributed by atoms with Crippen molar-refractivity contribution >= 4 is 23.2 Å². The molecule has 1 aliphatic rings. The van der Waals surface area contributed by atoms with Gasteiger partial charge < -0.3 is 10.2 Å². The molecule has 6 heteroatoms. The predicted octanol–water partition coefficient (Wildman–Crippen LogP) is 3.10. The molecule has 22 heavy (non-hydrogen) atoms. The molecule has 0 aliphatic carbocycles. The number of hydrogen-bond donors (Lipinski definition) is 1. The molecule has 1 aromatic carbocycles. The number of carbonyl (C=O) groups is 1. The molecule has 114 valence electrons. The van der Waals surface area contributed by atoms with Gasteiger partial charge in [-0.2, -0.15) is 0 Å². The Morgan fingerprint density at radius 1 is 1.27 bits per heavy atom. The van der Waals surface area contributed by atoms with Crippen molar-refractivity contribution in [1.29, 1.82) is 0 Å². The normalized spacial score (nSPS) is 13.7. The van der Waals surface area contributed by atoms with Crippen molar-refractivity contribution in [3.05, 3.63) is 48.4 Å². The first-order valence-corrected chi connectivity index (χ1v) is 7.23. The lowest BCUT2D eigenvalue weighted by Crippen LogP contribution is -2.46. The van der Waals surface area contributed by atoms with Gasteiger partial charge in [-0.15, -0.1) is 0 Å². The molecule has 0 radical (unpaired) electrons. The van der Waals surface area contributed by atoms with Crippen molar-refractivity contribution in [2.24, 2.45) is 0 Å². The molecule has 0 unspecified atom stereocenters. The second-order valence-electron chi connectivity index (χ2n) is 5.01. The standard InChI is InChI=1S/C16H17FN4O/c1-2-20-10-11-21(14-4-3-9-18-15(14)20)16(22)19-13-7-5-12(17)6-8-13/h3-9H,2,10-11H2,1H3,(H,19,22). The minimum absolute atomic E-state index is 0.239. The van der Waals surface area contributed by atoms with E-state index in [1.165, 1.54) is 12.1 Å². The Morgan fingerprint density at radius 3 is 2.77 bits per heavy atom. The first-order chi connectivity index (χ1) is 10.7. The largest absolute Gasteiger partial charge is 0.353 e. The number of nitrogens with one attached hydrogen (secondary N) is 1. The van der Waals surface area contributed by atoms with Crippen molar-refractivity contribution in [3.63, 3.8) is 0 Å². The number of anilines is 3. The van der Waals surface area contributed by atoms with Crippen molar-refractivity contribution < 1.29 is 9.18 Å². The van der Waals surface area contributed by atoms with Gasteiger partial charge in [-0.25, -0.2) is 14.2 Å². The highest BCUT2D eigenvalue weighted by atomic mass is 19.1. The molecule has 3 rings (SSSR count). The van der Waals surface area contributed by atoms with Crippen molar-refractivity contribution in [2.75, 3.05) is 34.8 Å². The first-order valence-electron chi connectivity index (χ1n) is 7.23. The molecule has 0 atom stereocenters. The van der Waals surface area contributed by atoms with Crippen LogP contribution in [-0.4, -0.2) is 30.6 Å². The average molecular weight is 300 g/mol. The molecular formula is C16H17FN4O. The summed E-state index contributed by atoms with van der Waals surface area (Å²) in [4.78, 5) is 20.7. The molecule has 0 spiro atoms. The maximum atomic E-state index is 12.9. The molecule has 0 saturated heterocycles. The topological polar surface area (TPSA) is 48.5 Å². The Kier molecular flexibility index (Phi) is 3.91. The second kappa shape index (κ2) is 6.01. The fourth-order valence-electron chi connectivity index (χ4n) is 2.53. The highest BCUT2D eigenvalue weighted by molar-refractivity contribution is 6.04. The first kappa shape index (κ1) is 14.3. The summed E-state index contributed by atoms with van der Waals surface area (Å²) >= 11 is 0. The molecule has 1 N–H and O–H groups in total. The van der Waals surface area contributed by atoms with E-state index in [2.05, 4.69) is 22.1 Å².